The van der Waals surface area contributed by atoms with Gasteiger partial charge in [-0.05, 0) is 18.6 Å². The van der Waals surface area contributed by atoms with E-state index in [0.717, 1.165) is 35.2 Å². The molecule has 0 radical (unpaired) electrons. The fourth-order valence-corrected chi connectivity index (χ4v) is 2.67. The van der Waals surface area contributed by atoms with Crippen molar-refractivity contribution in [3.05, 3.63) is 11.0 Å². The quantitative estimate of drug-likeness (QED) is 0.857. The van der Waals surface area contributed by atoms with Crippen molar-refractivity contribution in [2.75, 3.05) is 19.0 Å². The van der Waals surface area contributed by atoms with Gasteiger partial charge < -0.3 is 4.90 Å². The number of unbranched alkanes of at least 4 members (excludes halogenated alkanes) is 1. The molecule has 0 atom stereocenters. The lowest BCUT2D eigenvalue weighted by atomic mass is 10.3. The Morgan fingerprint density at radius 3 is 2.89 bits per heavy atom. The van der Waals surface area contributed by atoms with E-state index in [0.29, 0.717) is 4.77 Å². The van der Waals surface area contributed by atoms with Crippen LogP contribution in [0.15, 0.2) is 6.20 Å². The van der Waals surface area contributed by atoms with E-state index in [1.807, 2.05) is 29.8 Å². The van der Waals surface area contributed by atoms with Crippen LogP contribution < -0.4 is 4.90 Å². The molecule has 5 nitrogen and oxygen atoms in total. The molecular weight excluding hydrogens is 266 g/mol. The highest BCUT2D eigenvalue weighted by Gasteiger charge is 2.12. The van der Waals surface area contributed by atoms with Gasteiger partial charge in [-0.3, -0.25) is 9.67 Å². The van der Waals surface area contributed by atoms with Gasteiger partial charge in [0.25, 0.3) is 0 Å². The number of thiazole rings is 1. The lowest BCUT2D eigenvalue weighted by Gasteiger charge is -2.05. The van der Waals surface area contributed by atoms with E-state index in [9.17, 15) is 0 Å². The summed E-state index contributed by atoms with van der Waals surface area (Å²) in [6.45, 7) is 3.07. The summed E-state index contributed by atoms with van der Waals surface area (Å²) < 4.78 is 2.73. The van der Waals surface area contributed by atoms with Crippen LogP contribution in [-0.4, -0.2) is 33.8 Å². The number of hydrogen-bond acceptors (Lipinski definition) is 5. The minimum atomic E-state index is 0.679. The molecule has 0 aromatic carbocycles. The first kappa shape index (κ1) is 13.2. The SMILES string of the molecule is CCCCn1c(-c2cnc(N(C)C)s2)n[nH]c1=S. The van der Waals surface area contributed by atoms with Gasteiger partial charge in [-0.25, -0.2) is 4.98 Å². The lowest BCUT2D eigenvalue weighted by Crippen LogP contribution is -2.07. The number of aromatic amines is 1. The lowest BCUT2D eigenvalue weighted by molar-refractivity contribution is 0.629. The number of nitrogens with zero attached hydrogens (tertiary/aromatic N) is 4. The summed E-state index contributed by atoms with van der Waals surface area (Å²) in [6.07, 6.45) is 4.09. The van der Waals surface area contributed by atoms with E-state index in [4.69, 9.17) is 12.2 Å². The highest BCUT2D eigenvalue weighted by Crippen LogP contribution is 2.29. The molecule has 0 saturated carbocycles. The normalized spacial score (nSPS) is 10.8. The topological polar surface area (TPSA) is 49.7 Å². The molecule has 0 aliphatic heterocycles. The first-order valence-corrected chi connectivity index (χ1v) is 7.14. The van der Waals surface area contributed by atoms with Crippen LogP contribution in [0.5, 0.6) is 0 Å². The van der Waals surface area contributed by atoms with Gasteiger partial charge in [0.05, 0.1) is 11.1 Å². The third kappa shape index (κ3) is 2.62. The molecule has 0 fully saturated rings. The number of hydrogen-bond donors (Lipinski definition) is 1. The third-order valence-electron chi connectivity index (χ3n) is 2.59. The Hall–Kier alpha value is -1.21. The zero-order chi connectivity index (χ0) is 13.1. The minimum absolute atomic E-state index is 0.679. The molecule has 0 spiro atoms. The minimum Gasteiger partial charge on any atom is -0.354 e. The first-order chi connectivity index (χ1) is 8.63. The van der Waals surface area contributed by atoms with Crippen LogP contribution in [0.1, 0.15) is 19.8 Å². The predicted octanol–water partition coefficient (Wildman–Crippen LogP) is 2.93. The number of H-pyrrole nitrogens is 1. The standard InChI is InChI=1S/C11H17N5S2/c1-4-5-6-16-9(13-14-10(16)17)8-7-12-11(18-8)15(2)3/h7H,4-6H2,1-3H3,(H,14,17). The van der Waals surface area contributed by atoms with Gasteiger partial charge >= 0.3 is 0 Å². The largest absolute Gasteiger partial charge is 0.354 e. The second kappa shape index (κ2) is 5.62. The molecule has 0 saturated heterocycles. The average molecular weight is 283 g/mol. The predicted molar refractivity (Wildman–Crippen MR) is 77.8 cm³/mol. The van der Waals surface area contributed by atoms with Gasteiger partial charge in [-0.15, -0.1) is 0 Å². The molecular formula is C11H17N5S2. The fraction of sp³-hybridized carbons (Fsp3) is 0.545. The van der Waals surface area contributed by atoms with Crippen molar-refractivity contribution in [3.8, 4) is 10.7 Å². The average Bonchev–Trinajstić information content (AvgIpc) is 2.93. The maximum absolute atomic E-state index is 5.26. The first-order valence-electron chi connectivity index (χ1n) is 5.92. The summed E-state index contributed by atoms with van der Waals surface area (Å²) in [5, 5.41) is 8.15. The number of aromatic nitrogens is 4. The Morgan fingerprint density at radius 1 is 1.50 bits per heavy atom. The van der Waals surface area contributed by atoms with Gasteiger partial charge in [0, 0.05) is 20.6 Å². The summed E-state index contributed by atoms with van der Waals surface area (Å²) in [6, 6.07) is 0. The van der Waals surface area contributed by atoms with Crippen molar-refractivity contribution < 1.29 is 0 Å². The molecule has 0 unspecified atom stereocenters. The van der Waals surface area contributed by atoms with E-state index in [1.54, 1.807) is 11.3 Å². The van der Waals surface area contributed by atoms with Crippen LogP contribution in [0.25, 0.3) is 10.7 Å². The second-order valence-electron chi connectivity index (χ2n) is 4.26. The number of rotatable bonds is 5. The van der Waals surface area contributed by atoms with Crippen LogP contribution in [0.4, 0.5) is 5.13 Å². The van der Waals surface area contributed by atoms with Gasteiger partial charge in [0.2, 0.25) is 0 Å². The Kier molecular flexibility index (Phi) is 4.13. The zero-order valence-corrected chi connectivity index (χ0v) is 12.4. The van der Waals surface area contributed by atoms with Crippen molar-refractivity contribution in [1.29, 1.82) is 0 Å². The number of nitrogens with one attached hydrogen (secondary N) is 1. The monoisotopic (exact) mass is 283 g/mol. The molecule has 98 valence electrons. The maximum Gasteiger partial charge on any atom is 0.195 e. The van der Waals surface area contributed by atoms with Crippen LogP contribution in [0.3, 0.4) is 0 Å². The zero-order valence-electron chi connectivity index (χ0n) is 10.8. The fourth-order valence-electron chi connectivity index (χ4n) is 1.60. The summed E-state index contributed by atoms with van der Waals surface area (Å²) in [5.41, 5.74) is 0. The van der Waals surface area contributed by atoms with Crippen molar-refractivity contribution in [2.24, 2.45) is 0 Å². The molecule has 2 heterocycles. The Labute approximate surface area is 115 Å². The van der Waals surface area contributed by atoms with Crippen molar-refractivity contribution in [3.63, 3.8) is 0 Å². The smallest absolute Gasteiger partial charge is 0.195 e. The van der Waals surface area contributed by atoms with Crippen molar-refractivity contribution in [1.82, 2.24) is 19.7 Å². The summed E-state index contributed by atoms with van der Waals surface area (Å²) in [7, 11) is 3.97. The highest BCUT2D eigenvalue weighted by molar-refractivity contribution is 7.71. The van der Waals surface area contributed by atoms with Crippen LogP contribution in [-0.2, 0) is 6.54 Å². The van der Waals surface area contributed by atoms with Gasteiger partial charge in [0.1, 0.15) is 0 Å². The summed E-state index contributed by atoms with van der Waals surface area (Å²) >= 11 is 6.88. The molecule has 0 bridgehead atoms. The molecule has 2 rings (SSSR count). The van der Waals surface area contributed by atoms with Crippen molar-refractivity contribution in [2.45, 2.75) is 26.3 Å². The molecule has 0 aliphatic carbocycles. The van der Waals surface area contributed by atoms with Gasteiger partial charge in [-0.2, -0.15) is 5.10 Å². The second-order valence-corrected chi connectivity index (χ2v) is 5.65. The molecule has 1 N–H and O–H groups in total. The van der Waals surface area contributed by atoms with Crippen molar-refractivity contribution >= 4 is 28.7 Å². The molecule has 7 heteroatoms. The summed E-state index contributed by atoms with van der Waals surface area (Å²) in [5.74, 6) is 0.888. The van der Waals surface area contributed by atoms with E-state index in [1.165, 1.54) is 0 Å². The molecule has 2 aromatic heterocycles. The van der Waals surface area contributed by atoms with Crippen LogP contribution in [0, 0.1) is 4.77 Å². The maximum atomic E-state index is 5.26. The van der Waals surface area contributed by atoms with E-state index in [2.05, 4.69) is 22.1 Å². The van der Waals surface area contributed by atoms with Crippen LogP contribution in [0.2, 0.25) is 0 Å². The van der Waals surface area contributed by atoms with Gasteiger partial charge in [-0.1, -0.05) is 24.7 Å². The molecule has 18 heavy (non-hydrogen) atoms. The van der Waals surface area contributed by atoms with E-state index >= 15 is 0 Å². The molecule has 0 aliphatic rings. The Balaban J connectivity index is 2.34. The Bertz CT molecular complexity index is 566. The van der Waals surface area contributed by atoms with Gasteiger partial charge in [0.15, 0.2) is 15.7 Å². The van der Waals surface area contributed by atoms with E-state index in [-0.39, 0.29) is 0 Å². The highest BCUT2D eigenvalue weighted by atomic mass is 32.1. The Morgan fingerprint density at radius 2 is 2.28 bits per heavy atom. The van der Waals surface area contributed by atoms with E-state index < -0.39 is 0 Å². The third-order valence-corrected chi connectivity index (χ3v) is 4.06. The summed E-state index contributed by atoms with van der Waals surface area (Å²) in [4.78, 5) is 7.40. The number of anilines is 1. The van der Waals surface area contributed by atoms with Crippen LogP contribution >= 0.6 is 23.6 Å². The molecule has 0 amide bonds. The molecule has 2 aromatic rings.